The quantitative estimate of drug-likeness (QED) is 0.610. The van der Waals surface area contributed by atoms with Crippen LogP contribution in [0, 0.1) is 11.3 Å². The van der Waals surface area contributed by atoms with Gasteiger partial charge in [-0.05, 0) is 13.6 Å². The van der Waals surface area contributed by atoms with Crippen molar-refractivity contribution in [3.05, 3.63) is 0 Å². The van der Waals surface area contributed by atoms with Crippen LogP contribution >= 0.6 is 0 Å². The van der Waals surface area contributed by atoms with Crippen molar-refractivity contribution in [1.29, 1.82) is 5.26 Å². The van der Waals surface area contributed by atoms with E-state index in [4.69, 9.17) is 5.26 Å². The maximum absolute atomic E-state index is 11.9. The van der Waals surface area contributed by atoms with E-state index >= 15 is 0 Å². The van der Waals surface area contributed by atoms with Crippen LogP contribution in [0.3, 0.4) is 0 Å². The number of nitriles is 1. The molecule has 0 aromatic heterocycles. The molecule has 0 aromatic carbocycles. The lowest BCUT2D eigenvalue weighted by molar-refractivity contribution is -0.133. The van der Waals surface area contributed by atoms with Crippen LogP contribution in [0.1, 0.15) is 6.92 Å². The van der Waals surface area contributed by atoms with E-state index in [1.165, 1.54) is 0 Å². The molecule has 0 N–H and O–H groups in total. The SMILES string of the molecule is CCN(CC#N)CC(=O)N1CCN(C)CC1. The molecule has 0 aliphatic carbocycles. The molecule has 0 unspecified atom stereocenters. The maximum Gasteiger partial charge on any atom is 0.236 e. The summed E-state index contributed by atoms with van der Waals surface area (Å²) in [7, 11) is 2.07. The first kappa shape index (κ1) is 12.9. The molecule has 5 heteroatoms. The van der Waals surface area contributed by atoms with Gasteiger partial charge in [0.15, 0.2) is 0 Å². The van der Waals surface area contributed by atoms with Crippen molar-refractivity contribution >= 4 is 5.91 Å². The minimum Gasteiger partial charge on any atom is -0.339 e. The fraction of sp³-hybridized carbons (Fsp3) is 0.818. The zero-order valence-corrected chi connectivity index (χ0v) is 10.1. The summed E-state index contributed by atoms with van der Waals surface area (Å²) in [6, 6.07) is 2.08. The molecule has 1 aliphatic rings. The molecular formula is C11H20N4O. The van der Waals surface area contributed by atoms with Gasteiger partial charge in [0.2, 0.25) is 5.91 Å². The third-order valence-corrected chi connectivity index (χ3v) is 2.96. The van der Waals surface area contributed by atoms with Crippen LogP contribution < -0.4 is 0 Å². The minimum atomic E-state index is 0.144. The first-order valence-electron chi connectivity index (χ1n) is 5.73. The van der Waals surface area contributed by atoms with Gasteiger partial charge in [0.1, 0.15) is 0 Å². The van der Waals surface area contributed by atoms with Crippen LogP contribution in [-0.2, 0) is 4.79 Å². The number of hydrogen-bond donors (Lipinski definition) is 0. The summed E-state index contributed by atoms with van der Waals surface area (Å²) in [6.45, 7) is 6.90. The fourth-order valence-corrected chi connectivity index (χ4v) is 1.73. The van der Waals surface area contributed by atoms with Crippen LogP contribution in [0.5, 0.6) is 0 Å². The normalized spacial score (nSPS) is 17.5. The van der Waals surface area contributed by atoms with Crippen molar-refractivity contribution in [2.45, 2.75) is 6.92 Å². The van der Waals surface area contributed by atoms with Crippen LogP contribution in [-0.4, -0.2) is 73.5 Å². The molecule has 0 saturated carbocycles. The minimum absolute atomic E-state index is 0.144. The van der Waals surface area contributed by atoms with Crippen molar-refractivity contribution in [2.24, 2.45) is 0 Å². The average Bonchev–Trinajstić information content (AvgIpc) is 2.29. The Bertz CT molecular complexity index is 266. The molecule has 0 spiro atoms. The van der Waals surface area contributed by atoms with Crippen molar-refractivity contribution in [2.75, 3.05) is 52.9 Å². The summed E-state index contributed by atoms with van der Waals surface area (Å²) < 4.78 is 0. The van der Waals surface area contributed by atoms with E-state index in [1.807, 2.05) is 16.7 Å². The molecule has 1 amide bonds. The van der Waals surface area contributed by atoms with Crippen LogP contribution in [0.25, 0.3) is 0 Å². The molecule has 16 heavy (non-hydrogen) atoms. The summed E-state index contributed by atoms with van der Waals surface area (Å²) in [4.78, 5) is 17.9. The van der Waals surface area contributed by atoms with Crippen molar-refractivity contribution in [3.8, 4) is 6.07 Å². The maximum atomic E-state index is 11.9. The summed E-state index contributed by atoms with van der Waals surface area (Å²) in [6.07, 6.45) is 0. The topological polar surface area (TPSA) is 50.6 Å². The molecule has 5 nitrogen and oxygen atoms in total. The van der Waals surface area contributed by atoms with E-state index in [2.05, 4.69) is 18.0 Å². The second-order valence-corrected chi connectivity index (χ2v) is 4.15. The Labute approximate surface area is 97.2 Å². The largest absolute Gasteiger partial charge is 0.339 e. The summed E-state index contributed by atoms with van der Waals surface area (Å²) in [5.41, 5.74) is 0. The summed E-state index contributed by atoms with van der Waals surface area (Å²) in [5, 5.41) is 8.60. The Hall–Kier alpha value is -1.12. The van der Waals surface area contributed by atoms with Gasteiger partial charge < -0.3 is 9.80 Å². The Balaban J connectivity index is 2.37. The number of likely N-dealkylation sites (N-methyl/N-ethyl adjacent to an activating group) is 2. The Morgan fingerprint density at radius 2 is 2.00 bits per heavy atom. The van der Waals surface area contributed by atoms with Crippen molar-refractivity contribution < 1.29 is 4.79 Å². The molecule has 1 heterocycles. The lowest BCUT2D eigenvalue weighted by atomic mass is 10.3. The Morgan fingerprint density at radius 1 is 1.38 bits per heavy atom. The molecule has 1 saturated heterocycles. The van der Waals surface area contributed by atoms with Gasteiger partial charge in [-0.2, -0.15) is 5.26 Å². The molecule has 90 valence electrons. The van der Waals surface area contributed by atoms with Gasteiger partial charge in [-0.1, -0.05) is 6.92 Å². The van der Waals surface area contributed by atoms with E-state index in [9.17, 15) is 4.79 Å². The van der Waals surface area contributed by atoms with Gasteiger partial charge in [-0.3, -0.25) is 9.69 Å². The number of carbonyl (C=O) groups excluding carboxylic acids is 1. The number of piperazine rings is 1. The Kier molecular flexibility index (Phi) is 5.23. The van der Waals surface area contributed by atoms with Gasteiger partial charge in [-0.15, -0.1) is 0 Å². The van der Waals surface area contributed by atoms with Gasteiger partial charge in [0, 0.05) is 26.2 Å². The van der Waals surface area contributed by atoms with Crippen LogP contribution in [0.15, 0.2) is 0 Å². The second kappa shape index (κ2) is 6.46. The highest BCUT2D eigenvalue weighted by molar-refractivity contribution is 5.78. The molecule has 0 bridgehead atoms. The number of rotatable bonds is 4. The van der Waals surface area contributed by atoms with E-state index in [-0.39, 0.29) is 5.91 Å². The van der Waals surface area contributed by atoms with Gasteiger partial charge in [0.25, 0.3) is 0 Å². The van der Waals surface area contributed by atoms with E-state index in [0.717, 1.165) is 32.7 Å². The monoisotopic (exact) mass is 224 g/mol. The Morgan fingerprint density at radius 3 is 2.50 bits per heavy atom. The molecular weight excluding hydrogens is 204 g/mol. The highest BCUT2D eigenvalue weighted by Crippen LogP contribution is 2.01. The van der Waals surface area contributed by atoms with Gasteiger partial charge in [-0.25, -0.2) is 0 Å². The first-order chi connectivity index (χ1) is 7.67. The number of carbonyl (C=O) groups is 1. The number of nitrogens with zero attached hydrogens (tertiary/aromatic N) is 4. The van der Waals surface area contributed by atoms with Crippen molar-refractivity contribution in [3.63, 3.8) is 0 Å². The van der Waals surface area contributed by atoms with Gasteiger partial charge >= 0.3 is 0 Å². The van der Waals surface area contributed by atoms with E-state index < -0.39 is 0 Å². The second-order valence-electron chi connectivity index (χ2n) is 4.15. The molecule has 1 aliphatic heterocycles. The predicted octanol–water partition coefficient (Wildman–Crippen LogP) is -0.394. The third kappa shape index (κ3) is 3.80. The lowest BCUT2D eigenvalue weighted by Crippen LogP contribution is -2.50. The average molecular weight is 224 g/mol. The molecule has 0 radical (unpaired) electrons. The van der Waals surface area contributed by atoms with Crippen LogP contribution in [0.2, 0.25) is 0 Å². The van der Waals surface area contributed by atoms with Gasteiger partial charge in [0.05, 0.1) is 19.2 Å². The zero-order valence-electron chi connectivity index (χ0n) is 10.1. The highest BCUT2D eigenvalue weighted by Gasteiger charge is 2.20. The third-order valence-electron chi connectivity index (χ3n) is 2.96. The van der Waals surface area contributed by atoms with E-state index in [1.54, 1.807) is 0 Å². The molecule has 1 fully saturated rings. The number of amides is 1. The molecule has 0 aromatic rings. The lowest BCUT2D eigenvalue weighted by Gasteiger charge is -2.33. The summed E-state index contributed by atoms with van der Waals surface area (Å²) >= 11 is 0. The smallest absolute Gasteiger partial charge is 0.236 e. The van der Waals surface area contributed by atoms with Crippen molar-refractivity contribution in [1.82, 2.24) is 14.7 Å². The highest BCUT2D eigenvalue weighted by atomic mass is 16.2. The predicted molar refractivity (Wildman–Crippen MR) is 61.8 cm³/mol. The van der Waals surface area contributed by atoms with Crippen LogP contribution in [0.4, 0.5) is 0 Å². The zero-order chi connectivity index (χ0) is 12.0. The summed E-state index contributed by atoms with van der Waals surface area (Å²) in [5.74, 6) is 0.144. The molecule has 0 atom stereocenters. The first-order valence-corrected chi connectivity index (χ1v) is 5.73. The standard InChI is InChI=1S/C11H20N4O/c1-3-14(5-4-12)10-11(16)15-8-6-13(2)7-9-15/h3,5-10H2,1-2H3. The van der Waals surface area contributed by atoms with E-state index in [0.29, 0.717) is 13.1 Å². The fourth-order valence-electron chi connectivity index (χ4n) is 1.73. The molecule has 1 rings (SSSR count). The number of hydrogen-bond acceptors (Lipinski definition) is 4.